The lowest BCUT2D eigenvalue weighted by molar-refractivity contribution is 0.0948. The SMILES string of the molecule is CC1CC(C)CN(CCCNC(=O)c2cc(Sc3cccc(Cl)c3)nc3ccccc23)C1. The van der Waals surface area contributed by atoms with Crippen LogP contribution in [0.15, 0.2) is 64.5 Å². The molecule has 1 amide bonds. The van der Waals surface area contributed by atoms with Crippen LogP contribution in [0.2, 0.25) is 5.02 Å². The molecule has 1 N–H and O–H groups in total. The van der Waals surface area contributed by atoms with E-state index in [9.17, 15) is 4.79 Å². The average molecular weight is 468 g/mol. The van der Waals surface area contributed by atoms with Gasteiger partial charge < -0.3 is 10.2 Å². The van der Waals surface area contributed by atoms with Crippen LogP contribution in [0.1, 0.15) is 37.0 Å². The summed E-state index contributed by atoms with van der Waals surface area (Å²) in [7, 11) is 0. The summed E-state index contributed by atoms with van der Waals surface area (Å²) in [4.78, 5) is 21.4. The molecule has 6 heteroatoms. The summed E-state index contributed by atoms with van der Waals surface area (Å²) in [5.41, 5.74) is 1.49. The maximum atomic E-state index is 13.1. The number of aromatic nitrogens is 1. The summed E-state index contributed by atoms with van der Waals surface area (Å²) < 4.78 is 0. The number of hydrogen-bond acceptors (Lipinski definition) is 4. The van der Waals surface area contributed by atoms with Gasteiger partial charge >= 0.3 is 0 Å². The molecule has 0 spiro atoms. The monoisotopic (exact) mass is 467 g/mol. The van der Waals surface area contributed by atoms with E-state index >= 15 is 0 Å². The fraction of sp³-hybridized carbons (Fsp3) is 0.385. The van der Waals surface area contributed by atoms with E-state index in [4.69, 9.17) is 16.6 Å². The van der Waals surface area contributed by atoms with Crippen LogP contribution < -0.4 is 5.32 Å². The highest BCUT2D eigenvalue weighted by molar-refractivity contribution is 7.99. The van der Waals surface area contributed by atoms with Gasteiger partial charge in [0.15, 0.2) is 0 Å². The number of fused-ring (bicyclic) bond motifs is 1. The van der Waals surface area contributed by atoms with E-state index in [1.165, 1.54) is 18.2 Å². The van der Waals surface area contributed by atoms with Crippen molar-refractivity contribution in [2.45, 2.75) is 36.6 Å². The highest BCUT2D eigenvalue weighted by atomic mass is 35.5. The van der Waals surface area contributed by atoms with E-state index in [2.05, 4.69) is 24.1 Å². The van der Waals surface area contributed by atoms with E-state index in [1.807, 2.05) is 54.6 Å². The quantitative estimate of drug-likeness (QED) is 0.424. The third-order valence-corrected chi connectivity index (χ3v) is 6.98. The molecule has 2 unspecified atom stereocenters. The van der Waals surface area contributed by atoms with Gasteiger partial charge in [-0.2, -0.15) is 0 Å². The second-order valence-electron chi connectivity index (χ2n) is 8.90. The van der Waals surface area contributed by atoms with Gasteiger partial charge in [-0.3, -0.25) is 4.79 Å². The van der Waals surface area contributed by atoms with E-state index < -0.39 is 0 Å². The van der Waals surface area contributed by atoms with E-state index in [1.54, 1.807) is 0 Å². The summed E-state index contributed by atoms with van der Waals surface area (Å²) in [5.74, 6) is 1.47. The highest BCUT2D eigenvalue weighted by Gasteiger charge is 2.21. The topological polar surface area (TPSA) is 45.2 Å². The first-order chi connectivity index (χ1) is 15.5. The van der Waals surface area contributed by atoms with Gasteiger partial charge in [0.25, 0.3) is 5.91 Å². The molecule has 1 aliphatic rings. The molecule has 3 aromatic rings. The summed E-state index contributed by atoms with van der Waals surface area (Å²) >= 11 is 7.64. The lowest BCUT2D eigenvalue weighted by Crippen LogP contribution is -2.40. The lowest BCUT2D eigenvalue weighted by Gasteiger charge is -2.34. The molecule has 0 aliphatic carbocycles. The Morgan fingerprint density at radius 2 is 1.91 bits per heavy atom. The average Bonchev–Trinajstić information content (AvgIpc) is 2.75. The molecule has 0 bridgehead atoms. The summed E-state index contributed by atoms with van der Waals surface area (Å²) in [5, 5.41) is 5.47. The maximum absolute atomic E-state index is 13.1. The Bertz CT molecular complexity index is 1080. The number of carbonyl (C=O) groups is 1. The van der Waals surface area contributed by atoms with Gasteiger partial charge in [-0.05, 0) is 61.6 Å². The van der Waals surface area contributed by atoms with Crippen molar-refractivity contribution in [2.75, 3.05) is 26.2 Å². The first kappa shape index (κ1) is 23.1. The van der Waals surface area contributed by atoms with Crippen molar-refractivity contribution >= 4 is 40.2 Å². The van der Waals surface area contributed by atoms with Gasteiger partial charge in [0.1, 0.15) is 5.03 Å². The van der Waals surface area contributed by atoms with Crippen LogP contribution in [0.5, 0.6) is 0 Å². The number of likely N-dealkylation sites (tertiary alicyclic amines) is 1. The molecular formula is C26H30ClN3OS. The zero-order chi connectivity index (χ0) is 22.5. The number of nitrogens with one attached hydrogen (secondary N) is 1. The Balaban J connectivity index is 1.43. The van der Waals surface area contributed by atoms with Gasteiger partial charge in [0.2, 0.25) is 0 Å². The molecule has 1 aliphatic heterocycles. The van der Waals surface area contributed by atoms with Crippen molar-refractivity contribution in [2.24, 2.45) is 11.8 Å². The molecule has 4 rings (SSSR count). The van der Waals surface area contributed by atoms with Crippen LogP contribution >= 0.6 is 23.4 Å². The fourth-order valence-corrected chi connectivity index (χ4v) is 5.77. The van der Waals surface area contributed by atoms with Crippen LogP contribution in [-0.4, -0.2) is 42.0 Å². The molecule has 32 heavy (non-hydrogen) atoms. The lowest BCUT2D eigenvalue weighted by atomic mass is 9.92. The number of piperidine rings is 1. The van der Waals surface area contributed by atoms with Crippen molar-refractivity contribution in [3.63, 3.8) is 0 Å². The number of amides is 1. The number of para-hydroxylation sites is 1. The third-order valence-electron chi connectivity index (χ3n) is 5.84. The molecule has 2 aromatic carbocycles. The standard InChI is InChI=1S/C26H30ClN3OS/c1-18-13-19(2)17-30(16-18)12-6-11-28-26(31)23-15-25(29-24-10-4-3-9-22(23)24)32-21-8-5-7-20(27)14-21/h3-5,7-10,14-15,18-19H,6,11-13,16-17H2,1-2H3,(H,28,31). The highest BCUT2D eigenvalue weighted by Crippen LogP contribution is 2.31. The van der Waals surface area contributed by atoms with Crippen LogP contribution in [0.3, 0.4) is 0 Å². The summed E-state index contributed by atoms with van der Waals surface area (Å²) in [6.45, 7) is 8.69. The maximum Gasteiger partial charge on any atom is 0.252 e. The van der Waals surface area contributed by atoms with Gasteiger partial charge in [-0.1, -0.05) is 61.5 Å². The predicted molar refractivity (Wildman–Crippen MR) is 134 cm³/mol. The molecule has 2 atom stereocenters. The van der Waals surface area contributed by atoms with E-state index in [0.29, 0.717) is 17.1 Å². The van der Waals surface area contributed by atoms with Crippen molar-refractivity contribution < 1.29 is 4.79 Å². The zero-order valence-corrected chi connectivity index (χ0v) is 20.3. The molecule has 1 saturated heterocycles. The number of hydrogen-bond donors (Lipinski definition) is 1. The Hall–Kier alpha value is -2.08. The van der Waals surface area contributed by atoms with Crippen molar-refractivity contribution in [3.8, 4) is 0 Å². The van der Waals surface area contributed by atoms with Gasteiger partial charge in [0.05, 0.1) is 11.1 Å². The molecule has 4 nitrogen and oxygen atoms in total. The van der Waals surface area contributed by atoms with Crippen LogP contribution in [-0.2, 0) is 0 Å². The number of carbonyl (C=O) groups excluding carboxylic acids is 1. The fourth-order valence-electron chi connectivity index (χ4n) is 4.62. The van der Waals surface area contributed by atoms with Crippen molar-refractivity contribution in [1.29, 1.82) is 0 Å². The Morgan fingerprint density at radius 1 is 1.12 bits per heavy atom. The first-order valence-electron chi connectivity index (χ1n) is 11.3. The predicted octanol–water partition coefficient (Wildman–Crippen LogP) is 6.14. The molecule has 0 saturated carbocycles. The number of rotatable bonds is 7. The number of pyridine rings is 1. The molecule has 1 fully saturated rings. The van der Waals surface area contributed by atoms with Gasteiger partial charge in [-0.15, -0.1) is 0 Å². The zero-order valence-electron chi connectivity index (χ0n) is 18.7. The second kappa shape index (κ2) is 10.7. The Kier molecular flexibility index (Phi) is 7.71. The van der Waals surface area contributed by atoms with Gasteiger partial charge in [0, 0.05) is 34.9 Å². The smallest absolute Gasteiger partial charge is 0.252 e. The largest absolute Gasteiger partial charge is 0.352 e. The Labute approximate surface area is 199 Å². The molecule has 2 heterocycles. The molecule has 168 valence electrons. The minimum absolute atomic E-state index is 0.0445. The number of halogens is 1. The van der Waals surface area contributed by atoms with E-state index in [0.717, 1.165) is 58.7 Å². The number of benzene rings is 2. The van der Waals surface area contributed by atoms with Crippen LogP contribution in [0.4, 0.5) is 0 Å². The minimum Gasteiger partial charge on any atom is -0.352 e. The Morgan fingerprint density at radius 3 is 2.69 bits per heavy atom. The summed E-state index contributed by atoms with van der Waals surface area (Å²) in [6.07, 6.45) is 2.27. The number of nitrogens with zero attached hydrogens (tertiary/aromatic N) is 2. The van der Waals surface area contributed by atoms with Crippen LogP contribution in [0, 0.1) is 11.8 Å². The molecule has 1 aromatic heterocycles. The first-order valence-corrected chi connectivity index (χ1v) is 12.5. The summed E-state index contributed by atoms with van der Waals surface area (Å²) in [6, 6.07) is 17.4. The third kappa shape index (κ3) is 6.03. The molecular weight excluding hydrogens is 438 g/mol. The minimum atomic E-state index is -0.0445. The molecule has 0 radical (unpaired) electrons. The van der Waals surface area contributed by atoms with Crippen molar-refractivity contribution in [3.05, 3.63) is 65.2 Å². The normalized spacial score (nSPS) is 19.2. The van der Waals surface area contributed by atoms with Gasteiger partial charge in [-0.25, -0.2) is 4.98 Å². The van der Waals surface area contributed by atoms with Crippen LogP contribution in [0.25, 0.3) is 10.9 Å². The van der Waals surface area contributed by atoms with Crippen molar-refractivity contribution in [1.82, 2.24) is 15.2 Å². The van der Waals surface area contributed by atoms with E-state index in [-0.39, 0.29) is 5.91 Å². The second-order valence-corrected chi connectivity index (χ2v) is 10.4.